The normalized spacial score (nSPS) is 12.8. The number of ether oxygens (including phenoxy) is 1. The fourth-order valence-corrected chi connectivity index (χ4v) is 2.89. The van der Waals surface area contributed by atoms with E-state index < -0.39 is 29.8 Å². The molecule has 0 aliphatic rings. The molecule has 0 aromatic heterocycles. The summed E-state index contributed by atoms with van der Waals surface area (Å²) in [6.45, 7) is 2.03. The SMILES string of the molecule is COc1cc(C(=O)NC(=O)[C@H](C)NC(=O)[C@@H](N)CCCCN)cc2ccccc12. The number of imide groups is 1. The molecule has 8 heteroatoms. The number of amides is 3. The molecule has 29 heavy (non-hydrogen) atoms. The smallest absolute Gasteiger partial charge is 0.258 e. The van der Waals surface area contributed by atoms with Crippen LogP contribution in [0.4, 0.5) is 0 Å². The quantitative estimate of drug-likeness (QED) is 0.465. The van der Waals surface area contributed by atoms with Gasteiger partial charge in [0.25, 0.3) is 5.91 Å². The maximum atomic E-state index is 12.5. The number of fused-ring (bicyclic) bond motifs is 1. The largest absolute Gasteiger partial charge is 0.496 e. The molecular weight excluding hydrogens is 372 g/mol. The Morgan fingerprint density at radius 2 is 1.83 bits per heavy atom. The van der Waals surface area contributed by atoms with E-state index in [2.05, 4.69) is 10.6 Å². The number of carbonyl (C=O) groups excluding carboxylic acids is 3. The second kappa shape index (κ2) is 10.5. The fourth-order valence-electron chi connectivity index (χ4n) is 2.89. The molecule has 2 aromatic carbocycles. The van der Waals surface area contributed by atoms with E-state index in [9.17, 15) is 14.4 Å². The van der Waals surface area contributed by atoms with Crippen LogP contribution in [0.2, 0.25) is 0 Å². The highest BCUT2D eigenvalue weighted by molar-refractivity contribution is 6.09. The molecule has 0 aliphatic heterocycles. The van der Waals surface area contributed by atoms with Crippen molar-refractivity contribution in [1.82, 2.24) is 10.6 Å². The number of methoxy groups -OCH3 is 1. The molecule has 8 nitrogen and oxygen atoms in total. The molecular formula is C21H28N4O4. The minimum atomic E-state index is -0.908. The fraction of sp³-hybridized carbons (Fsp3) is 0.381. The van der Waals surface area contributed by atoms with Crippen LogP contribution in [0.3, 0.4) is 0 Å². The van der Waals surface area contributed by atoms with E-state index in [1.54, 1.807) is 12.1 Å². The first-order valence-electron chi connectivity index (χ1n) is 9.55. The lowest BCUT2D eigenvalue weighted by molar-refractivity contribution is -0.128. The number of nitrogens with two attached hydrogens (primary N) is 2. The van der Waals surface area contributed by atoms with Crippen molar-refractivity contribution in [2.75, 3.05) is 13.7 Å². The van der Waals surface area contributed by atoms with E-state index in [0.717, 1.165) is 23.6 Å². The van der Waals surface area contributed by atoms with Crippen LogP contribution >= 0.6 is 0 Å². The minimum Gasteiger partial charge on any atom is -0.496 e. The predicted octanol–water partition coefficient (Wildman–Crippen LogP) is 1.07. The van der Waals surface area contributed by atoms with Gasteiger partial charge in [0, 0.05) is 10.9 Å². The van der Waals surface area contributed by atoms with Crippen LogP contribution in [0.15, 0.2) is 36.4 Å². The zero-order valence-electron chi connectivity index (χ0n) is 16.7. The van der Waals surface area contributed by atoms with Crippen molar-refractivity contribution in [3.8, 4) is 5.75 Å². The monoisotopic (exact) mass is 400 g/mol. The van der Waals surface area contributed by atoms with Crippen LogP contribution in [0.1, 0.15) is 36.5 Å². The van der Waals surface area contributed by atoms with Gasteiger partial charge in [-0.2, -0.15) is 0 Å². The summed E-state index contributed by atoms with van der Waals surface area (Å²) in [5.41, 5.74) is 11.5. The number of nitrogens with one attached hydrogen (secondary N) is 2. The molecule has 2 rings (SSSR count). The van der Waals surface area contributed by atoms with E-state index in [-0.39, 0.29) is 5.56 Å². The van der Waals surface area contributed by atoms with Crippen molar-refractivity contribution < 1.29 is 19.1 Å². The molecule has 0 heterocycles. The average molecular weight is 400 g/mol. The van der Waals surface area contributed by atoms with Gasteiger partial charge in [-0.25, -0.2) is 0 Å². The highest BCUT2D eigenvalue weighted by atomic mass is 16.5. The zero-order chi connectivity index (χ0) is 21.4. The Kier molecular flexibility index (Phi) is 8.11. The first-order valence-corrected chi connectivity index (χ1v) is 9.55. The van der Waals surface area contributed by atoms with E-state index in [0.29, 0.717) is 18.7 Å². The molecule has 0 spiro atoms. The van der Waals surface area contributed by atoms with Gasteiger partial charge in [0.2, 0.25) is 11.8 Å². The zero-order valence-corrected chi connectivity index (χ0v) is 16.7. The van der Waals surface area contributed by atoms with Crippen LogP contribution in [0.5, 0.6) is 5.75 Å². The summed E-state index contributed by atoms with van der Waals surface area (Å²) in [5.74, 6) is -1.10. The van der Waals surface area contributed by atoms with Crippen molar-refractivity contribution >= 4 is 28.5 Å². The molecule has 2 aromatic rings. The molecule has 0 fully saturated rings. The number of benzene rings is 2. The maximum Gasteiger partial charge on any atom is 0.258 e. The number of rotatable bonds is 9. The molecule has 6 N–H and O–H groups in total. The summed E-state index contributed by atoms with van der Waals surface area (Å²) in [6, 6.07) is 9.08. The molecule has 0 bridgehead atoms. The molecule has 0 radical (unpaired) electrons. The highest BCUT2D eigenvalue weighted by Crippen LogP contribution is 2.27. The Hall–Kier alpha value is -2.97. The van der Waals surface area contributed by atoms with Crippen molar-refractivity contribution in [3.63, 3.8) is 0 Å². The van der Waals surface area contributed by atoms with Crippen molar-refractivity contribution in [2.45, 2.75) is 38.3 Å². The highest BCUT2D eigenvalue weighted by Gasteiger charge is 2.22. The topological polar surface area (TPSA) is 137 Å². The molecule has 0 aliphatic carbocycles. The number of unbranched alkanes of at least 4 members (excludes halogenated alkanes) is 1. The Morgan fingerprint density at radius 3 is 2.52 bits per heavy atom. The lowest BCUT2D eigenvalue weighted by Gasteiger charge is -2.17. The van der Waals surface area contributed by atoms with Gasteiger partial charge in [0.05, 0.1) is 13.2 Å². The third-order valence-electron chi connectivity index (χ3n) is 4.60. The average Bonchev–Trinajstić information content (AvgIpc) is 2.72. The Morgan fingerprint density at radius 1 is 1.10 bits per heavy atom. The van der Waals surface area contributed by atoms with Crippen LogP contribution in [0, 0.1) is 0 Å². The minimum absolute atomic E-state index is 0.283. The van der Waals surface area contributed by atoms with Crippen LogP contribution in [-0.4, -0.2) is 43.5 Å². The van der Waals surface area contributed by atoms with Gasteiger partial charge in [-0.1, -0.05) is 30.7 Å². The van der Waals surface area contributed by atoms with Crippen molar-refractivity contribution in [3.05, 3.63) is 42.0 Å². The van der Waals surface area contributed by atoms with Gasteiger partial charge in [0.15, 0.2) is 0 Å². The number of carbonyl (C=O) groups is 3. The van der Waals surface area contributed by atoms with Crippen molar-refractivity contribution in [1.29, 1.82) is 0 Å². The van der Waals surface area contributed by atoms with Crippen molar-refractivity contribution in [2.24, 2.45) is 11.5 Å². The van der Waals surface area contributed by atoms with Crippen LogP contribution < -0.4 is 26.8 Å². The summed E-state index contributed by atoms with van der Waals surface area (Å²) in [7, 11) is 1.52. The van der Waals surface area contributed by atoms with Gasteiger partial charge >= 0.3 is 0 Å². The lowest BCUT2D eigenvalue weighted by Crippen LogP contribution is -2.51. The molecule has 0 unspecified atom stereocenters. The summed E-state index contributed by atoms with van der Waals surface area (Å²) < 4.78 is 5.35. The van der Waals surface area contributed by atoms with Gasteiger partial charge in [-0.15, -0.1) is 0 Å². The first kappa shape index (κ1) is 22.3. The summed E-state index contributed by atoms with van der Waals surface area (Å²) in [5, 5.41) is 6.51. The van der Waals surface area contributed by atoms with Crippen LogP contribution in [-0.2, 0) is 9.59 Å². The molecule has 0 saturated carbocycles. The Bertz CT molecular complexity index is 884. The third-order valence-corrected chi connectivity index (χ3v) is 4.60. The van der Waals surface area contributed by atoms with Crippen LogP contribution in [0.25, 0.3) is 10.8 Å². The van der Waals surface area contributed by atoms with Gasteiger partial charge < -0.3 is 21.5 Å². The summed E-state index contributed by atoms with van der Waals surface area (Å²) in [6.07, 6.45) is 1.99. The molecule has 2 atom stereocenters. The standard InChI is InChI=1S/C21H28N4O4/c1-13(24-21(28)17(23)9-5-6-10-22)19(26)25-20(27)15-11-14-7-3-4-8-16(14)18(12-15)29-2/h3-4,7-8,11-13,17H,5-6,9-10,22-23H2,1-2H3,(H,24,28)(H,25,26,27)/t13-,17-/m0/s1. The van der Waals surface area contributed by atoms with E-state index in [4.69, 9.17) is 16.2 Å². The third kappa shape index (κ3) is 6.00. The second-order valence-electron chi connectivity index (χ2n) is 6.84. The van der Waals surface area contributed by atoms with Gasteiger partial charge in [-0.05, 0) is 43.8 Å². The molecule has 156 valence electrons. The first-order chi connectivity index (χ1) is 13.9. The molecule has 0 saturated heterocycles. The summed E-state index contributed by atoms with van der Waals surface area (Å²) in [4.78, 5) is 36.9. The Labute approximate surface area is 170 Å². The molecule has 3 amide bonds. The van der Waals surface area contributed by atoms with Gasteiger partial charge in [-0.3, -0.25) is 19.7 Å². The number of hydrogen-bond donors (Lipinski definition) is 4. The van der Waals surface area contributed by atoms with E-state index in [1.807, 2.05) is 24.3 Å². The predicted molar refractivity (Wildman–Crippen MR) is 111 cm³/mol. The lowest BCUT2D eigenvalue weighted by atomic mass is 10.1. The van der Waals surface area contributed by atoms with Gasteiger partial charge in [0.1, 0.15) is 11.8 Å². The summed E-state index contributed by atoms with van der Waals surface area (Å²) >= 11 is 0. The van der Waals surface area contributed by atoms with E-state index in [1.165, 1.54) is 14.0 Å². The van der Waals surface area contributed by atoms with E-state index >= 15 is 0 Å². The number of hydrogen-bond acceptors (Lipinski definition) is 6. The maximum absolute atomic E-state index is 12.5. The second-order valence-corrected chi connectivity index (χ2v) is 6.84. The Balaban J connectivity index is 2.00.